The summed E-state index contributed by atoms with van der Waals surface area (Å²) in [7, 11) is 1.60. The summed E-state index contributed by atoms with van der Waals surface area (Å²) in [5.41, 5.74) is -0.325. The van der Waals surface area contributed by atoms with Crippen LogP contribution in [-0.2, 0) is 4.74 Å². The molecule has 0 heterocycles. The van der Waals surface area contributed by atoms with E-state index in [2.05, 4.69) is 6.07 Å². The van der Waals surface area contributed by atoms with Crippen molar-refractivity contribution >= 4 is 0 Å². The number of methoxy groups -OCH3 is 1. The van der Waals surface area contributed by atoms with E-state index in [1.807, 2.05) is 13.8 Å². The van der Waals surface area contributed by atoms with Gasteiger partial charge in [-0.15, -0.1) is 0 Å². The summed E-state index contributed by atoms with van der Waals surface area (Å²) in [6, 6.07) is 2.12. The summed E-state index contributed by atoms with van der Waals surface area (Å²) < 4.78 is 4.78. The number of hydrogen-bond acceptors (Lipinski definition) is 2. The van der Waals surface area contributed by atoms with E-state index in [0.717, 1.165) is 0 Å². The lowest BCUT2D eigenvalue weighted by atomic mass is 9.98. The van der Waals surface area contributed by atoms with Crippen molar-refractivity contribution in [2.45, 2.75) is 13.8 Å². The van der Waals surface area contributed by atoms with Crippen LogP contribution in [0, 0.1) is 16.7 Å². The highest BCUT2D eigenvalue weighted by Gasteiger charge is 2.14. The van der Waals surface area contributed by atoms with Gasteiger partial charge in [-0.2, -0.15) is 5.26 Å². The number of ether oxygens (including phenoxy) is 1. The van der Waals surface area contributed by atoms with Gasteiger partial charge in [0.2, 0.25) is 0 Å². The molecule has 46 valence electrons. The maximum absolute atomic E-state index is 8.40. The summed E-state index contributed by atoms with van der Waals surface area (Å²) in [6.45, 7) is 4.19. The summed E-state index contributed by atoms with van der Waals surface area (Å²) >= 11 is 0. The first-order chi connectivity index (χ1) is 3.62. The van der Waals surface area contributed by atoms with Crippen molar-refractivity contribution in [3.8, 4) is 6.07 Å². The third kappa shape index (κ3) is 2.59. The molecule has 0 fully saturated rings. The van der Waals surface area contributed by atoms with E-state index < -0.39 is 0 Å². The minimum absolute atomic E-state index is 0.325. The van der Waals surface area contributed by atoms with Gasteiger partial charge in [0.05, 0.1) is 18.1 Å². The highest BCUT2D eigenvalue weighted by molar-refractivity contribution is 4.91. The third-order valence-electron chi connectivity index (χ3n) is 0.808. The molecule has 0 bridgehead atoms. The number of nitrogens with zero attached hydrogens (tertiary/aromatic N) is 1. The lowest BCUT2D eigenvalue weighted by Crippen LogP contribution is -2.14. The van der Waals surface area contributed by atoms with Crippen molar-refractivity contribution in [1.29, 1.82) is 5.26 Å². The van der Waals surface area contributed by atoms with Crippen molar-refractivity contribution in [2.75, 3.05) is 13.7 Å². The highest BCUT2D eigenvalue weighted by atomic mass is 16.5. The van der Waals surface area contributed by atoms with E-state index in [9.17, 15) is 0 Å². The molecule has 2 heteroatoms. The Hall–Kier alpha value is -0.550. The molecule has 2 nitrogen and oxygen atoms in total. The van der Waals surface area contributed by atoms with Gasteiger partial charge in [-0.1, -0.05) is 0 Å². The predicted molar refractivity (Wildman–Crippen MR) is 31.3 cm³/mol. The van der Waals surface area contributed by atoms with Crippen LogP contribution in [-0.4, -0.2) is 13.7 Å². The monoisotopic (exact) mass is 113 g/mol. The third-order valence-corrected chi connectivity index (χ3v) is 0.808. The topological polar surface area (TPSA) is 33.0 Å². The Balaban J connectivity index is 3.59. The van der Waals surface area contributed by atoms with E-state index in [1.165, 1.54) is 0 Å². The second-order valence-electron chi connectivity index (χ2n) is 2.43. The van der Waals surface area contributed by atoms with Crippen molar-refractivity contribution in [3.63, 3.8) is 0 Å². The molecular weight excluding hydrogens is 102 g/mol. The van der Waals surface area contributed by atoms with E-state index >= 15 is 0 Å². The molecule has 0 aliphatic carbocycles. The maximum atomic E-state index is 8.40. The predicted octanol–water partition coefficient (Wildman–Crippen LogP) is 1.18. The Morgan fingerprint density at radius 3 is 2.25 bits per heavy atom. The van der Waals surface area contributed by atoms with E-state index in [0.29, 0.717) is 6.61 Å². The fraction of sp³-hybridized carbons (Fsp3) is 0.833. The van der Waals surface area contributed by atoms with Gasteiger partial charge < -0.3 is 4.74 Å². The van der Waals surface area contributed by atoms with Crippen LogP contribution in [0.4, 0.5) is 0 Å². The van der Waals surface area contributed by atoms with Crippen molar-refractivity contribution < 1.29 is 4.74 Å². The largest absolute Gasteiger partial charge is 0.383 e. The SMILES string of the molecule is COCC(C)(C)C#N. The van der Waals surface area contributed by atoms with Gasteiger partial charge in [0.15, 0.2) is 0 Å². The molecule has 0 N–H and O–H groups in total. The van der Waals surface area contributed by atoms with Crippen LogP contribution in [0.3, 0.4) is 0 Å². The molecule has 0 rings (SSSR count). The van der Waals surface area contributed by atoms with Crippen LogP contribution in [0.5, 0.6) is 0 Å². The standard InChI is InChI=1S/C6H11NO/c1-6(2,4-7)5-8-3/h5H2,1-3H3. The van der Waals surface area contributed by atoms with Gasteiger partial charge in [0.1, 0.15) is 0 Å². The molecule has 0 amide bonds. The molecule has 0 saturated heterocycles. The normalized spacial score (nSPS) is 10.8. The smallest absolute Gasteiger partial charge is 0.0750 e. The molecule has 0 radical (unpaired) electrons. The summed E-state index contributed by atoms with van der Waals surface area (Å²) in [5, 5.41) is 8.40. The van der Waals surface area contributed by atoms with Gasteiger partial charge in [0, 0.05) is 7.11 Å². The zero-order valence-corrected chi connectivity index (χ0v) is 5.56. The second kappa shape index (κ2) is 2.68. The Labute approximate surface area is 50.1 Å². The summed E-state index contributed by atoms with van der Waals surface area (Å²) in [6.07, 6.45) is 0. The summed E-state index contributed by atoms with van der Waals surface area (Å²) in [5.74, 6) is 0. The van der Waals surface area contributed by atoms with Gasteiger partial charge >= 0.3 is 0 Å². The van der Waals surface area contributed by atoms with Crippen LogP contribution in [0.2, 0.25) is 0 Å². The minimum atomic E-state index is -0.325. The molecule has 0 saturated carbocycles. The van der Waals surface area contributed by atoms with Crippen LogP contribution in [0.25, 0.3) is 0 Å². The lowest BCUT2D eigenvalue weighted by molar-refractivity contribution is 0.136. The highest BCUT2D eigenvalue weighted by Crippen LogP contribution is 2.11. The summed E-state index contributed by atoms with van der Waals surface area (Å²) in [4.78, 5) is 0. The number of rotatable bonds is 2. The molecule has 0 aromatic rings. The number of nitriles is 1. The molecular formula is C6H11NO. The molecule has 0 aromatic heterocycles. The van der Waals surface area contributed by atoms with Crippen LogP contribution >= 0.6 is 0 Å². The number of hydrogen-bond donors (Lipinski definition) is 0. The van der Waals surface area contributed by atoms with Crippen LogP contribution < -0.4 is 0 Å². The fourth-order valence-electron chi connectivity index (χ4n) is 0.393. The Morgan fingerprint density at radius 1 is 1.62 bits per heavy atom. The van der Waals surface area contributed by atoms with Gasteiger partial charge in [-0.3, -0.25) is 0 Å². The molecule has 0 aliphatic rings. The average molecular weight is 113 g/mol. The Morgan fingerprint density at radius 2 is 2.12 bits per heavy atom. The first kappa shape index (κ1) is 7.45. The molecule has 0 spiro atoms. The van der Waals surface area contributed by atoms with Gasteiger partial charge in [-0.05, 0) is 13.8 Å². The first-order valence-electron chi connectivity index (χ1n) is 2.52. The van der Waals surface area contributed by atoms with Crippen molar-refractivity contribution in [3.05, 3.63) is 0 Å². The molecule has 0 aliphatic heterocycles. The quantitative estimate of drug-likeness (QED) is 0.538. The zero-order chi connectivity index (χ0) is 6.62. The van der Waals surface area contributed by atoms with Gasteiger partial charge in [-0.25, -0.2) is 0 Å². The minimum Gasteiger partial charge on any atom is -0.383 e. The maximum Gasteiger partial charge on any atom is 0.0750 e. The van der Waals surface area contributed by atoms with Crippen molar-refractivity contribution in [1.82, 2.24) is 0 Å². The molecule has 0 atom stereocenters. The van der Waals surface area contributed by atoms with E-state index in [4.69, 9.17) is 10.00 Å². The average Bonchev–Trinajstić information content (AvgIpc) is 1.67. The van der Waals surface area contributed by atoms with E-state index in [1.54, 1.807) is 7.11 Å². The van der Waals surface area contributed by atoms with Gasteiger partial charge in [0.25, 0.3) is 0 Å². The molecule has 8 heavy (non-hydrogen) atoms. The van der Waals surface area contributed by atoms with Crippen molar-refractivity contribution in [2.24, 2.45) is 5.41 Å². The Bertz CT molecular complexity index is 102. The van der Waals surface area contributed by atoms with Crippen LogP contribution in [0.1, 0.15) is 13.8 Å². The van der Waals surface area contributed by atoms with Crippen LogP contribution in [0.15, 0.2) is 0 Å². The molecule has 0 aromatic carbocycles. The lowest BCUT2D eigenvalue weighted by Gasteiger charge is -2.11. The fourth-order valence-corrected chi connectivity index (χ4v) is 0.393. The Kier molecular flexibility index (Phi) is 2.50. The molecule has 0 unspecified atom stereocenters. The second-order valence-corrected chi connectivity index (χ2v) is 2.43. The zero-order valence-electron chi connectivity index (χ0n) is 5.56. The first-order valence-corrected chi connectivity index (χ1v) is 2.52. The van der Waals surface area contributed by atoms with E-state index in [-0.39, 0.29) is 5.41 Å².